The minimum Gasteiger partial charge on any atom is -0.444 e. The average Bonchev–Trinajstić information content (AvgIpc) is 2.85. The molecule has 2 aromatic rings. The van der Waals surface area contributed by atoms with Gasteiger partial charge in [0.05, 0.1) is 12.6 Å². The Hall–Kier alpha value is -2.74. The van der Waals surface area contributed by atoms with Crippen LogP contribution in [0.25, 0.3) is 0 Å². The number of ether oxygens (including phenoxy) is 1. The van der Waals surface area contributed by atoms with Crippen LogP contribution in [0, 0.1) is 0 Å². The van der Waals surface area contributed by atoms with Crippen molar-refractivity contribution in [3.8, 4) is 0 Å². The highest BCUT2D eigenvalue weighted by Crippen LogP contribution is 2.55. The molecule has 33 heavy (non-hydrogen) atoms. The number of amides is 1. The van der Waals surface area contributed by atoms with Crippen LogP contribution in [0.1, 0.15) is 43.9 Å². The Kier molecular flexibility index (Phi) is 5.85. The standard InChI is InChI=1S/C25H29F3N2O3/c1-23(2,3)33-22(31)29-14-15-30-20(13-12-17-8-5-4-6-9-17)24(32,25(26,27)28)19-11-7-10-18(16-29)21(19)30/h4-11,20,32H,12-16H2,1-3H3. The molecule has 178 valence electrons. The predicted molar refractivity (Wildman–Crippen MR) is 119 cm³/mol. The molecule has 0 spiro atoms. The first kappa shape index (κ1) is 23.4. The largest absolute Gasteiger partial charge is 0.444 e. The Morgan fingerprint density at radius 3 is 2.42 bits per heavy atom. The van der Waals surface area contributed by atoms with Crippen LogP contribution in [0.4, 0.5) is 23.7 Å². The molecule has 2 aliphatic rings. The van der Waals surface area contributed by atoms with Crippen molar-refractivity contribution in [1.29, 1.82) is 0 Å². The molecule has 2 unspecified atom stereocenters. The van der Waals surface area contributed by atoms with Crippen molar-refractivity contribution in [3.63, 3.8) is 0 Å². The van der Waals surface area contributed by atoms with E-state index in [-0.39, 0.29) is 31.6 Å². The van der Waals surface area contributed by atoms with Crippen molar-refractivity contribution >= 4 is 11.8 Å². The van der Waals surface area contributed by atoms with Crippen molar-refractivity contribution in [3.05, 3.63) is 65.2 Å². The molecule has 2 heterocycles. The van der Waals surface area contributed by atoms with Crippen LogP contribution in [-0.2, 0) is 23.3 Å². The van der Waals surface area contributed by atoms with Crippen molar-refractivity contribution in [2.75, 3.05) is 18.0 Å². The van der Waals surface area contributed by atoms with Gasteiger partial charge in [0.25, 0.3) is 0 Å². The van der Waals surface area contributed by atoms with E-state index in [2.05, 4.69) is 0 Å². The molecule has 2 aliphatic heterocycles. The Labute approximate surface area is 191 Å². The van der Waals surface area contributed by atoms with E-state index in [0.717, 1.165) is 5.56 Å². The number of carbonyl (C=O) groups excluding carboxylic acids is 1. The molecule has 1 N–H and O–H groups in total. The van der Waals surface area contributed by atoms with Gasteiger partial charge in [-0.05, 0) is 44.7 Å². The highest BCUT2D eigenvalue weighted by atomic mass is 19.4. The number of rotatable bonds is 3. The average molecular weight is 463 g/mol. The van der Waals surface area contributed by atoms with Crippen molar-refractivity contribution in [2.45, 2.75) is 63.6 Å². The van der Waals surface area contributed by atoms with Crippen LogP contribution >= 0.6 is 0 Å². The second-order valence-corrected chi connectivity index (χ2v) is 9.71. The van der Waals surface area contributed by atoms with Crippen LogP contribution in [0.15, 0.2) is 48.5 Å². The summed E-state index contributed by atoms with van der Waals surface area (Å²) in [7, 11) is 0. The van der Waals surface area contributed by atoms with Gasteiger partial charge in [-0.3, -0.25) is 0 Å². The third kappa shape index (κ3) is 4.28. The first-order valence-corrected chi connectivity index (χ1v) is 11.1. The molecule has 0 bridgehead atoms. The highest BCUT2D eigenvalue weighted by molar-refractivity contribution is 5.73. The molecule has 5 nitrogen and oxygen atoms in total. The second kappa shape index (κ2) is 8.24. The maximum atomic E-state index is 14.4. The van der Waals surface area contributed by atoms with Crippen LogP contribution in [0.2, 0.25) is 0 Å². The Morgan fingerprint density at radius 2 is 1.79 bits per heavy atom. The van der Waals surface area contributed by atoms with Crippen molar-refractivity contribution in [1.82, 2.24) is 4.90 Å². The fourth-order valence-electron chi connectivity index (χ4n) is 4.84. The molecule has 0 fully saturated rings. The molecule has 0 saturated heterocycles. The lowest BCUT2D eigenvalue weighted by atomic mass is 9.85. The van der Waals surface area contributed by atoms with E-state index in [0.29, 0.717) is 17.7 Å². The number of benzene rings is 2. The van der Waals surface area contributed by atoms with Gasteiger partial charge in [0.1, 0.15) is 5.60 Å². The molecule has 2 atom stereocenters. The Morgan fingerprint density at radius 1 is 1.09 bits per heavy atom. The molecule has 4 rings (SSSR count). The number of nitrogens with zero attached hydrogens (tertiary/aromatic N) is 2. The number of hydrogen-bond donors (Lipinski definition) is 1. The summed E-state index contributed by atoms with van der Waals surface area (Å²) in [5, 5.41) is 11.2. The van der Waals surface area contributed by atoms with Gasteiger partial charge in [0.15, 0.2) is 0 Å². The molecule has 0 aromatic heterocycles. The molecule has 8 heteroatoms. The zero-order valence-electron chi connectivity index (χ0n) is 19.0. The second-order valence-electron chi connectivity index (χ2n) is 9.71. The van der Waals surface area contributed by atoms with Gasteiger partial charge in [-0.2, -0.15) is 13.2 Å². The van der Waals surface area contributed by atoms with Crippen LogP contribution in [-0.4, -0.2) is 47.0 Å². The minimum atomic E-state index is -4.85. The minimum absolute atomic E-state index is 0.112. The topological polar surface area (TPSA) is 53.0 Å². The summed E-state index contributed by atoms with van der Waals surface area (Å²) in [5.74, 6) is 0. The van der Waals surface area contributed by atoms with Crippen molar-refractivity contribution in [2.24, 2.45) is 0 Å². The maximum absolute atomic E-state index is 14.4. The fourth-order valence-corrected chi connectivity index (χ4v) is 4.84. The van der Waals surface area contributed by atoms with E-state index in [4.69, 9.17) is 4.74 Å². The number of carbonyl (C=O) groups is 1. The van der Waals surface area contributed by atoms with Gasteiger partial charge in [-0.1, -0.05) is 48.5 Å². The fraction of sp³-hybridized carbons (Fsp3) is 0.480. The van der Waals surface area contributed by atoms with Gasteiger partial charge in [0, 0.05) is 24.3 Å². The van der Waals surface area contributed by atoms with E-state index in [1.54, 1.807) is 31.7 Å². The van der Waals surface area contributed by atoms with Crippen molar-refractivity contribution < 1.29 is 27.8 Å². The number of alkyl halides is 3. The van der Waals surface area contributed by atoms with E-state index in [1.165, 1.54) is 17.0 Å². The van der Waals surface area contributed by atoms with Gasteiger partial charge in [-0.25, -0.2) is 4.79 Å². The lowest BCUT2D eigenvalue weighted by Gasteiger charge is -2.37. The third-order valence-corrected chi connectivity index (χ3v) is 6.28. The molecular formula is C25H29F3N2O3. The zero-order valence-corrected chi connectivity index (χ0v) is 19.0. The van der Waals surface area contributed by atoms with Gasteiger partial charge in [-0.15, -0.1) is 0 Å². The number of para-hydroxylation sites is 1. The van der Waals surface area contributed by atoms with E-state index >= 15 is 0 Å². The van der Waals surface area contributed by atoms with E-state index in [1.807, 2.05) is 30.3 Å². The maximum Gasteiger partial charge on any atom is 0.423 e. The summed E-state index contributed by atoms with van der Waals surface area (Å²) in [5.41, 5.74) is -1.96. The predicted octanol–water partition coefficient (Wildman–Crippen LogP) is 5.01. The summed E-state index contributed by atoms with van der Waals surface area (Å²) in [4.78, 5) is 15.9. The quantitative estimate of drug-likeness (QED) is 0.697. The Balaban J connectivity index is 1.71. The number of anilines is 1. The molecule has 2 aromatic carbocycles. The molecule has 0 radical (unpaired) electrons. The smallest absolute Gasteiger partial charge is 0.423 e. The summed E-state index contributed by atoms with van der Waals surface area (Å²) >= 11 is 0. The lowest BCUT2D eigenvalue weighted by Crippen LogP contribution is -2.55. The summed E-state index contributed by atoms with van der Waals surface area (Å²) in [6, 6.07) is 12.7. The normalized spacial score (nSPS) is 22.7. The van der Waals surface area contributed by atoms with Crippen LogP contribution < -0.4 is 4.90 Å². The number of halogens is 3. The summed E-state index contributed by atoms with van der Waals surface area (Å²) in [6.45, 7) is 5.79. The monoisotopic (exact) mass is 462 g/mol. The third-order valence-electron chi connectivity index (χ3n) is 6.28. The highest BCUT2D eigenvalue weighted by Gasteiger charge is 2.66. The lowest BCUT2D eigenvalue weighted by molar-refractivity contribution is -0.271. The molecule has 1 amide bonds. The van der Waals surface area contributed by atoms with Crippen LogP contribution in [0.3, 0.4) is 0 Å². The Bertz CT molecular complexity index is 1020. The number of aliphatic hydroxyl groups is 1. The SMILES string of the molecule is CC(C)(C)OC(=O)N1CCN2c3c(cccc3C(O)(C(F)(F)F)C2CCc2ccccc2)C1. The van der Waals surface area contributed by atoms with E-state index < -0.39 is 29.5 Å². The molecule has 0 aliphatic carbocycles. The molecular weight excluding hydrogens is 433 g/mol. The van der Waals surface area contributed by atoms with Crippen LogP contribution in [0.5, 0.6) is 0 Å². The number of hydrogen-bond acceptors (Lipinski definition) is 4. The first-order chi connectivity index (χ1) is 15.4. The summed E-state index contributed by atoms with van der Waals surface area (Å²) < 4.78 is 48.7. The zero-order chi connectivity index (χ0) is 24.0. The summed E-state index contributed by atoms with van der Waals surface area (Å²) in [6.07, 6.45) is -4.85. The number of aryl methyl sites for hydroxylation is 1. The van der Waals surface area contributed by atoms with Gasteiger partial charge in [0.2, 0.25) is 5.60 Å². The van der Waals surface area contributed by atoms with E-state index in [9.17, 15) is 23.1 Å². The molecule has 0 saturated carbocycles. The van der Waals surface area contributed by atoms with Gasteiger partial charge < -0.3 is 19.6 Å². The first-order valence-electron chi connectivity index (χ1n) is 11.1. The van der Waals surface area contributed by atoms with Gasteiger partial charge >= 0.3 is 12.3 Å².